The average molecular weight is 357 g/mol. The van der Waals surface area contributed by atoms with Crippen LogP contribution >= 0.6 is 0 Å². The first-order valence-corrected chi connectivity index (χ1v) is 10.1. The van der Waals surface area contributed by atoms with Crippen molar-refractivity contribution < 1.29 is 14.3 Å². The van der Waals surface area contributed by atoms with Gasteiger partial charge in [-0.1, -0.05) is 58.3 Å². The lowest BCUT2D eigenvalue weighted by Crippen LogP contribution is -2.37. The zero-order valence-corrected chi connectivity index (χ0v) is 16.9. The number of ether oxygens (including phenoxy) is 1. The van der Waals surface area contributed by atoms with Crippen LogP contribution in [0.1, 0.15) is 84.5 Å². The Hall–Kier alpha value is -1.10. The molecule has 5 nitrogen and oxygen atoms in total. The molecular formula is C20H40N2O3. The van der Waals surface area contributed by atoms with Gasteiger partial charge >= 0.3 is 5.97 Å². The van der Waals surface area contributed by atoms with Gasteiger partial charge in [0.25, 0.3) is 5.91 Å². The molecule has 0 bridgehead atoms. The number of nitrogens with zero attached hydrogens (tertiary/aromatic N) is 1. The SMILES string of the molecule is CCCCCCCCCCCC(=O)OC(C)C(=O)NCCCN(C)C. The minimum atomic E-state index is -0.703. The van der Waals surface area contributed by atoms with E-state index in [1.807, 2.05) is 14.1 Å². The summed E-state index contributed by atoms with van der Waals surface area (Å²) in [4.78, 5) is 25.7. The summed E-state index contributed by atoms with van der Waals surface area (Å²) < 4.78 is 5.20. The topological polar surface area (TPSA) is 58.6 Å². The van der Waals surface area contributed by atoms with Crippen LogP contribution in [-0.4, -0.2) is 50.1 Å². The molecule has 1 amide bonds. The Balaban J connectivity index is 3.55. The van der Waals surface area contributed by atoms with E-state index in [4.69, 9.17) is 4.74 Å². The number of amides is 1. The fourth-order valence-electron chi connectivity index (χ4n) is 2.64. The number of esters is 1. The van der Waals surface area contributed by atoms with E-state index in [0.29, 0.717) is 13.0 Å². The minimum Gasteiger partial charge on any atom is -0.453 e. The van der Waals surface area contributed by atoms with Gasteiger partial charge in [0.2, 0.25) is 0 Å². The van der Waals surface area contributed by atoms with Crippen LogP contribution in [0.15, 0.2) is 0 Å². The molecule has 0 aromatic heterocycles. The summed E-state index contributed by atoms with van der Waals surface area (Å²) in [6, 6.07) is 0. The highest BCUT2D eigenvalue weighted by Gasteiger charge is 2.16. The van der Waals surface area contributed by atoms with Crippen LogP contribution in [0.2, 0.25) is 0 Å². The normalized spacial score (nSPS) is 12.2. The molecule has 0 saturated heterocycles. The molecule has 0 aliphatic heterocycles. The number of carbonyl (C=O) groups is 2. The number of unbranched alkanes of at least 4 members (excludes halogenated alkanes) is 8. The second kappa shape index (κ2) is 16.4. The van der Waals surface area contributed by atoms with Crippen LogP contribution in [0.3, 0.4) is 0 Å². The fraction of sp³-hybridized carbons (Fsp3) is 0.900. The predicted octanol–water partition coefficient (Wildman–Crippen LogP) is 3.91. The Morgan fingerprint density at radius 1 is 0.920 bits per heavy atom. The number of hydrogen-bond acceptors (Lipinski definition) is 4. The molecule has 1 N–H and O–H groups in total. The van der Waals surface area contributed by atoms with E-state index >= 15 is 0 Å². The molecule has 0 radical (unpaired) electrons. The van der Waals surface area contributed by atoms with Crippen LogP contribution in [-0.2, 0) is 14.3 Å². The molecule has 0 rings (SSSR count). The Kier molecular flexibility index (Phi) is 15.7. The maximum absolute atomic E-state index is 11.8. The first kappa shape index (κ1) is 23.9. The van der Waals surface area contributed by atoms with Gasteiger partial charge in [0.15, 0.2) is 6.10 Å². The second-order valence-electron chi connectivity index (χ2n) is 7.16. The third kappa shape index (κ3) is 16.1. The van der Waals surface area contributed by atoms with Gasteiger partial charge in [-0.3, -0.25) is 9.59 Å². The van der Waals surface area contributed by atoms with Crippen LogP contribution in [0, 0.1) is 0 Å². The Morgan fingerprint density at radius 2 is 1.48 bits per heavy atom. The minimum absolute atomic E-state index is 0.209. The molecule has 0 aliphatic carbocycles. The Morgan fingerprint density at radius 3 is 2.04 bits per heavy atom. The molecule has 0 fully saturated rings. The number of rotatable bonds is 16. The van der Waals surface area contributed by atoms with Crippen molar-refractivity contribution in [3.05, 3.63) is 0 Å². The largest absolute Gasteiger partial charge is 0.453 e. The predicted molar refractivity (Wildman–Crippen MR) is 104 cm³/mol. The van der Waals surface area contributed by atoms with Crippen LogP contribution in [0.25, 0.3) is 0 Å². The van der Waals surface area contributed by atoms with Crippen molar-refractivity contribution >= 4 is 11.9 Å². The molecule has 0 spiro atoms. The summed E-state index contributed by atoms with van der Waals surface area (Å²) in [5, 5.41) is 2.81. The molecule has 0 saturated carbocycles. The van der Waals surface area contributed by atoms with Gasteiger partial charge in [-0.15, -0.1) is 0 Å². The summed E-state index contributed by atoms with van der Waals surface area (Å²) in [6.45, 7) is 5.40. The zero-order valence-electron chi connectivity index (χ0n) is 16.9. The molecule has 0 aromatic rings. The lowest BCUT2D eigenvalue weighted by atomic mass is 10.1. The highest BCUT2D eigenvalue weighted by molar-refractivity contribution is 5.83. The Labute approximate surface area is 154 Å². The first-order chi connectivity index (χ1) is 12.0. The van der Waals surface area contributed by atoms with E-state index < -0.39 is 6.10 Å². The third-order valence-electron chi connectivity index (χ3n) is 4.24. The molecule has 0 aromatic carbocycles. The van der Waals surface area contributed by atoms with Crippen molar-refractivity contribution in [3.8, 4) is 0 Å². The number of hydrogen-bond donors (Lipinski definition) is 1. The van der Waals surface area contributed by atoms with Gasteiger partial charge < -0.3 is 15.0 Å². The number of nitrogens with one attached hydrogen (secondary N) is 1. The molecule has 1 unspecified atom stereocenters. The fourth-order valence-corrected chi connectivity index (χ4v) is 2.64. The smallest absolute Gasteiger partial charge is 0.306 e. The highest BCUT2D eigenvalue weighted by Crippen LogP contribution is 2.11. The maximum Gasteiger partial charge on any atom is 0.306 e. The lowest BCUT2D eigenvalue weighted by molar-refractivity contribution is -0.154. The molecule has 1 atom stereocenters. The van der Waals surface area contributed by atoms with Crippen molar-refractivity contribution in [2.75, 3.05) is 27.2 Å². The van der Waals surface area contributed by atoms with Crippen LogP contribution in [0.4, 0.5) is 0 Å². The zero-order chi connectivity index (χ0) is 18.9. The average Bonchev–Trinajstić information content (AvgIpc) is 2.56. The van der Waals surface area contributed by atoms with Crippen molar-refractivity contribution in [2.24, 2.45) is 0 Å². The molecule has 0 heterocycles. The highest BCUT2D eigenvalue weighted by atomic mass is 16.5. The van der Waals surface area contributed by atoms with Gasteiger partial charge in [-0.2, -0.15) is 0 Å². The van der Waals surface area contributed by atoms with Crippen molar-refractivity contribution in [1.82, 2.24) is 10.2 Å². The van der Waals surface area contributed by atoms with Crippen molar-refractivity contribution in [2.45, 2.75) is 90.6 Å². The maximum atomic E-state index is 11.8. The van der Waals surface area contributed by atoms with Gasteiger partial charge in [-0.05, 0) is 40.4 Å². The summed E-state index contributed by atoms with van der Waals surface area (Å²) in [6.07, 6.45) is 11.5. The molecule has 148 valence electrons. The standard InChI is InChI=1S/C20H40N2O3/c1-5-6-7-8-9-10-11-12-13-15-19(23)25-18(2)20(24)21-16-14-17-22(3)4/h18H,5-17H2,1-4H3,(H,21,24). The van der Waals surface area contributed by atoms with Gasteiger partial charge in [0.05, 0.1) is 0 Å². The van der Waals surface area contributed by atoms with Crippen LogP contribution in [0.5, 0.6) is 0 Å². The molecule has 0 aliphatic rings. The van der Waals surface area contributed by atoms with E-state index in [9.17, 15) is 9.59 Å². The first-order valence-electron chi connectivity index (χ1n) is 10.1. The quantitative estimate of drug-likeness (QED) is 0.336. The summed E-state index contributed by atoms with van der Waals surface area (Å²) in [7, 11) is 4.00. The third-order valence-corrected chi connectivity index (χ3v) is 4.24. The summed E-state index contributed by atoms with van der Waals surface area (Å²) in [5.41, 5.74) is 0. The summed E-state index contributed by atoms with van der Waals surface area (Å²) >= 11 is 0. The van der Waals surface area contributed by atoms with E-state index in [1.165, 1.54) is 44.9 Å². The van der Waals surface area contributed by atoms with Crippen LogP contribution < -0.4 is 5.32 Å². The molecule has 5 heteroatoms. The molecular weight excluding hydrogens is 316 g/mol. The lowest BCUT2D eigenvalue weighted by Gasteiger charge is -2.14. The Bertz CT molecular complexity index is 346. The van der Waals surface area contributed by atoms with Crippen molar-refractivity contribution in [3.63, 3.8) is 0 Å². The number of carbonyl (C=O) groups excluding carboxylic acids is 2. The second-order valence-corrected chi connectivity index (χ2v) is 7.16. The van der Waals surface area contributed by atoms with E-state index in [1.54, 1.807) is 6.92 Å². The van der Waals surface area contributed by atoms with E-state index in [-0.39, 0.29) is 11.9 Å². The molecule has 25 heavy (non-hydrogen) atoms. The monoisotopic (exact) mass is 356 g/mol. The van der Waals surface area contributed by atoms with E-state index in [2.05, 4.69) is 17.1 Å². The van der Waals surface area contributed by atoms with E-state index in [0.717, 1.165) is 25.8 Å². The van der Waals surface area contributed by atoms with Gasteiger partial charge in [-0.25, -0.2) is 0 Å². The summed E-state index contributed by atoms with van der Waals surface area (Å²) in [5.74, 6) is -0.474. The van der Waals surface area contributed by atoms with Crippen molar-refractivity contribution in [1.29, 1.82) is 0 Å². The van der Waals surface area contributed by atoms with Gasteiger partial charge in [0, 0.05) is 13.0 Å². The van der Waals surface area contributed by atoms with Gasteiger partial charge in [0.1, 0.15) is 0 Å².